The van der Waals surface area contributed by atoms with Gasteiger partial charge in [0.1, 0.15) is 24.7 Å². The number of benzene rings is 1. The van der Waals surface area contributed by atoms with Crippen molar-refractivity contribution in [2.75, 3.05) is 19.8 Å². The fourth-order valence-corrected chi connectivity index (χ4v) is 5.24. The lowest BCUT2D eigenvalue weighted by molar-refractivity contribution is -0.769. The van der Waals surface area contributed by atoms with Gasteiger partial charge in [0.25, 0.3) is 10.8 Å². The number of ether oxygens (including phenoxy) is 3. The van der Waals surface area contributed by atoms with Crippen molar-refractivity contribution in [1.29, 1.82) is 5.26 Å². The highest BCUT2D eigenvalue weighted by molar-refractivity contribution is 6.11. The molecular formula is C24H24N4O11. The van der Waals surface area contributed by atoms with Gasteiger partial charge in [0.15, 0.2) is 17.5 Å². The van der Waals surface area contributed by atoms with Crippen LogP contribution in [0.4, 0.5) is 5.69 Å². The molecule has 2 saturated heterocycles. The van der Waals surface area contributed by atoms with E-state index in [0.29, 0.717) is 0 Å². The molecular weight excluding hydrogens is 520 g/mol. The molecule has 206 valence electrons. The number of rotatable bonds is 9. The monoisotopic (exact) mass is 544 g/mol. The van der Waals surface area contributed by atoms with Crippen LogP contribution in [-0.4, -0.2) is 76.3 Å². The Morgan fingerprint density at radius 1 is 1.28 bits per heavy atom. The number of nitrogens with zero attached hydrogens (tertiary/aromatic N) is 4. The summed E-state index contributed by atoms with van der Waals surface area (Å²) in [5.41, 5.74) is -2.14. The molecule has 0 radical (unpaired) electrons. The van der Waals surface area contributed by atoms with Crippen LogP contribution in [-0.2, 0) is 28.6 Å². The Morgan fingerprint density at radius 2 is 2.03 bits per heavy atom. The first-order chi connectivity index (χ1) is 18.5. The number of non-ortho nitro benzene ring substituents is 1. The number of hydrogen-bond donors (Lipinski definition) is 1. The van der Waals surface area contributed by atoms with Gasteiger partial charge in [-0.05, 0) is 19.4 Å². The molecule has 1 aromatic rings. The molecule has 6 atom stereocenters. The molecule has 0 aliphatic carbocycles. The molecule has 1 aromatic carbocycles. The van der Waals surface area contributed by atoms with Crippen molar-refractivity contribution >= 4 is 23.2 Å². The summed E-state index contributed by atoms with van der Waals surface area (Å²) in [4.78, 5) is 58.0. The molecule has 4 rings (SSSR count). The number of allylic oxidation sites excluding steroid dienone is 1. The highest BCUT2D eigenvalue weighted by atomic mass is 17.0. The Morgan fingerprint density at radius 3 is 2.69 bits per heavy atom. The van der Waals surface area contributed by atoms with Gasteiger partial charge in [0, 0.05) is 35.0 Å². The SMILES string of the molecule is CC1=NC(C)=C(C(=O)[C@]2(O)CO[C@@H]3[C@H](O[N+](=O)[O-])CO[C@@H]32)C(c2cccc([N+](=O)[O-])c2)C1C(=O)OCCC#N. The number of carbonyl (C=O) groups excluding carboxylic acids is 2. The molecule has 0 saturated carbocycles. The Balaban J connectivity index is 1.78. The van der Waals surface area contributed by atoms with E-state index in [9.17, 15) is 34.9 Å². The number of fused-ring (bicyclic) bond motifs is 1. The molecule has 15 heteroatoms. The number of nitro benzene ring substituents is 1. The smallest absolute Gasteiger partial charge is 0.315 e. The van der Waals surface area contributed by atoms with Crippen LogP contribution in [0.2, 0.25) is 0 Å². The van der Waals surface area contributed by atoms with E-state index in [2.05, 4.69) is 9.83 Å². The maximum absolute atomic E-state index is 14.1. The van der Waals surface area contributed by atoms with E-state index in [1.807, 2.05) is 6.07 Å². The van der Waals surface area contributed by atoms with Crippen molar-refractivity contribution in [1.82, 2.24) is 0 Å². The van der Waals surface area contributed by atoms with Gasteiger partial charge in [0.05, 0.1) is 30.6 Å². The molecule has 3 heterocycles. The fraction of sp³-hybridized carbons (Fsp3) is 0.500. The second-order valence-corrected chi connectivity index (χ2v) is 9.29. The number of Topliss-reactive ketones (excluding diaryl/α,β-unsaturated/α-hetero) is 1. The van der Waals surface area contributed by atoms with Gasteiger partial charge in [0.2, 0.25) is 0 Å². The van der Waals surface area contributed by atoms with Crippen molar-refractivity contribution in [3.63, 3.8) is 0 Å². The van der Waals surface area contributed by atoms with Gasteiger partial charge >= 0.3 is 5.97 Å². The second-order valence-electron chi connectivity index (χ2n) is 9.29. The van der Waals surface area contributed by atoms with Gasteiger partial charge in [-0.25, -0.2) is 0 Å². The summed E-state index contributed by atoms with van der Waals surface area (Å²) in [6, 6.07) is 7.21. The van der Waals surface area contributed by atoms with Crippen molar-refractivity contribution in [2.24, 2.45) is 10.9 Å². The number of ketones is 1. The minimum absolute atomic E-state index is 0.0817. The van der Waals surface area contributed by atoms with E-state index in [0.717, 1.165) is 0 Å². The molecule has 0 spiro atoms. The largest absolute Gasteiger partial charge is 0.464 e. The zero-order valence-electron chi connectivity index (χ0n) is 20.8. The lowest BCUT2D eigenvalue weighted by Gasteiger charge is -2.35. The predicted octanol–water partition coefficient (Wildman–Crippen LogP) is 1.17. The Kier molecular flexibility index (Phi) is 7.72. The lowest BCUT2D eigenvalue weighted by Crippen LogP contribution is -2.53. The van der Waals surface area contributed by atoms with E-state index in [-0.39, 0.29) is 47.9 Å². The number of aliphatic imine (C=N–C) groups is 1. The summed E-state index contributed by atoms with van der Waals surface area (Å²) in [6.45, 7) is 1.90. The fourth-order valence-electron chi connectivity index (χ4n) is 5.24. The average molecular weight is 544 g/mol. The molecule has 2 unspecified atom stereocenters. The van der Waals surface area contributed by atoms with Crippen molar-refractivity contribution in [3.8, 4) is 6.07 Å². The van der Waals surface area contributed by atoms with Gasteiger partial charge in [-0.2, -0.15) is 5.26 Å². The van der Waals surface area contributed by atoms with Crippen LogP contribution in [0.5, 0.6) is 0 Å². The summed E-state index contributed by atoms with van der Waals surface area (Å²) in [5, 5.41) is 41.7. The minimum atomic E-state index is -2.33. The third-order valence-corrected chi connectivity index (χ3v) is 6.91. The average Bonchev–Trinajstić information content (AvgIpc) is 3.44. The van der Waals surface area contributed by atoms with E-state index < -0.39 is 64.1 Å². The van der Waals surface area contributed by atoms with Gasteiger partial charge < -0.3 is 24.2 Å². The third kappa shape index (κ3) is 5.09. The van der Waals surface area contributed by atoms with Crippen LogP contribution in [0.25, 0.3) is 0 Å². The molecule has 2 fully saturated rings. The lowest BCUT2D eigenvalue weighted by atomic mass is 9.71. The highest BCUT2D eigenvalue weighted by Gasteiger charge is 2.62. The maximum atomic E-state index is 14.1. The van der Waals surface area contributed by atoms with E-state index >= 15 is 0 Å². The van der Waals surface area contributed by atoms with Crippen LogP contribution in [0.1, 0.15) is 31.7 Å². The first kappa shape index (κ1) is 27.8. The summed E-state index contributed by atoms with van der Waals surface area (Å²) in [7, 11) is 0. The highest BCUT2D eigenvalue weighted by Crippen LogP contribution is 2.45. The third-order valence-electron chi connectivity index (χ3n) is 6.91. The van der Waals surface area contributed by atoms with E-state index in [1.54, 1.807) is 0 Å². The van der Waals surface area contributed by atoms with Crippen molar-refractivity contribution in [3.05, 3.63) is 61.3 Å². The van der Waals surface area contributed by atoms with Gasteiger partial charge in [-0.3, -0.25) is 24.7 Å². The summed E-state index contributed by atoms with van der Waals surface area (Å²) in [5.74, 6) is -4.12. The quantitative estimate of drug-likeness (QED) is 0.201. The molecule has 1 N–H and O–H groups in total. The topological polar surface area (TPSA) is 214 Å². The molecule has 15 nitrogen and oxygen atoms in total. The molecule has 39 heavy (non-hydrogen) atoms. The summed E-state index contributed by atoms with van der Waals surface area (Å²) < 4.78 is 16.3. The molecule has 0 aromatic heterocycles. The number of esters is 1. The first-order valence-corrected chi connectivity index (χ1v) is 11.8. The summed E-state index contributed by atoms with van der Waals surface area (Å²) >= 11 is 0. The number of nitro groups is 1. The normalized spacial score (nSPS) is 29.7. The van der Waals surface area contributed by atoms with Crippen LogP contribution >= 0.6 is 0 Å². The Bertz CT molecular complexity index is 1320. The molecule has 0 bridgehead atoms. The summed E-state index contributed by atoms with van der Waals surface area (Å²) in [6.07, 6.45) is -3.71. The number of carbonyl (C=O) groups is 2. The van der Waals surface area contributed by atoms with Crippen LogP contribution < -0.4 is 0 Å². The van der Waals surface area contributed by atoms with Crippen molar-refractivity contribution < 1.29 is 43.8 Å². The van der Waals surface area contributed by atoms with E-state index in [1.165, 1.54) is 38.1 Å². The molecule has 3 aliphatic rings. The second kappa shape index (κ2) is 10.8. The van der Waals surface area contributed by atoms with E-state index in [4.69, 9.17) is 19.5 Å². The van der Waals surface area contributed by atoms with Gasteiger partial charge in [-0.1, -0.05) is 12.1 Å². The number of hydrogen-bond acceptors (Lipinski definition) is 13. The number of nitriles is 1. The van der Waals surface area contributed by atoms with Crippen LogP contribution in [0.15, 0.2) is 40.5 Å². The zero-order valence-corrected chi connectivity index (χ0v) is 20.8. The molecule has 0 amide bonds. The Hall–Kier alpha value is -4.26. The molecule has 3 aliphatic heterocycles. The van der Waals surface area contributed by atoms with Crippen LogP contribution in [0, 0.1) is 37.5 Å². The zero-order chi connectivity index (χ0) is 28.5. The van der Waals surface area contributed by atoms with Crippen molar-refractivity contribution in [2.45, 2.75) is 50.1 Å². The minimum Gasteiger partial charge on any atom is -0.464 e. The predicted molar refractivity (Wildman–Crippen MR) is 128 cm³/mol. The number of aliphatic hydroxyl groups is 1. The van der Waals surface area contributed by atoms with Crippen LogP contribution in [0.3, 0.4) is 0 Å². The maximum Gasteiger partial charge on any atom is 0.315 e. The first-order valence-electron chi connectivity index (χ1n) is 11.8. The standard InChI is InChI=1S/C24H24N4O11/c1-12-17(21(29)24(31)11-38-20-16(39-28(34)35)10-37-22(20)24)19(14-5-3-6-15(9-14)27(32)33)18(13(2)26-12)23(30)36-8-4-7-25/h3,5-6,9,16,18-20,22,31H,4,8,10-11H2,1-2H3/t16-,18?,19?,20-,22+,24-/m1/s1. The van der Waals surface area contributed by atoms with Gasteiger partial charge in [-0.15, -0.1) is 10.1 Å². The Labute approximate surface area is 220 Å².